The van der Waals surface area contributed by atoms with Gasteiger partial charge in [0, 0.05) is 5.03 Å². The summed E-state index contributed by atoms with van der Waals surface area (Å²) >= 11 is 5.55. The summed E-state index contributed by atoms with van der Waals surface area (Å²) in [5.74, 6) is -0.494. The van der Waals surface area contributed by atoms with Gasteiger partial charge in [-0.3, -0.25) is 4.79 Å². The molecule has 0 aliphatic heterocycles. The van der Waals surface area contributed by atoms with Crippen LogP contribution in [0.4, 0.5) is 4.39 Å². The van der Waals surface area contributed by atoms with E-state index in [9.17, 15) is 9.18 Å². The van der Waals surface area contributed by atoms with Gasteiger partial charge in [0.2, 0.25) is 0 Å². The van der Waals surface area contributed by atoms with E-state index in [4.69, 9.17) is 11.6 Å². The van der Waals surface area contributed by atoms with Crippen molar-refractivity contribution in [1.82, 2.24) is 0 Å². The first-order chi connectivity index (χ1) is 4.75. The molecule has 0 unspecified atom stereocenters. The third kappa shape index (κ3) is 1.27. The van der Waals surface area contributed by atoms with Gasteiger partial charge in [-0.05, 0) is 18.9 Å². The van der Waals surface area contributed by atoms with Crippen LogP contribution in [0, 0.1) is 0 Å². The molecule has 0 atom stereocenters. The third-order valence-corrected chi connectivity index (χ3v) is 1.75. The van der Waals surface area contributed by atoms with Crippen molar-refractivity contribution >= 4 is 17.9 Å². The molecule has 0 aromatic carbocycles. The number of carbonyl (C=O) groups excluding carboxylic acids is 1. The molecule has 54 valence electrons. The summed E-state index contributed by atoms with van der Waals surface area (Å²) in [5, 5.41) is 0.329. The van der Waals surface area contributed by atoms with E-state index in [1.165, 1.54) is 6.08 Å². The summed E-state index contributed by atoms with van der Waals surface area (Å²) in [6.45, 7) is 0. The molecule has 0 N–H and O–H groups in total. The highest BCUT2D eigenvalue weighted by Crippen LogP contribution is 2.26. The molecule has 0 spiro atoms. The fourth-order valence-electron chi connectivity index (χ4n) is 0.820. The predicted molar refractivity (Wildman–Crippen MR) is 37.4 cm³/mol. The van der Waals surface area contributed by atoms with Crippen molar-refractivity contribution in [3.63, 3.8) is 0 Å². The van der Waals surface area contributed by atoms with Crippen LogP contribution in [-0.4, -0.2) is 6.29 Å². The van der Waals surface area contributed by atoms with Crippen molar-refractivity contribution in [3.05, 3.63) is 22.5 Å². The summed E-state index contributed by atoms with van der Waals surface area (Å²) in [5.41, 5.74) is 0.00733. The lowest BCUT2D eigenvalue weighted by Gasteiger charge is -2.06. The van der Waals surface area contributed by atoms with Gasteiger partial charge in [-0.25, -0.2) is 4.39 Å². The average molecular weight is 161 g/mol. The molecule has 0 saturated heterocycles. The van der Waals surface area contributed by atoms with Crippen LogP contribution in [0.3, 0.4) is 0 Å². The highest BCUT2D eigenvalue weighted by Gasteiger charge is 2.12. The summed E-state index contributed by atoms with van der Waals surface area (Å²) in [4.78, 5) is 10.2. The zero-order valence-electron chi connectivity index (χ0n) is 5.23. The average Bonchev–Trinajstić information content (AvgIpc) is 1.88. The highest BCUT2D eigenvalue weighted by molar-refractivity contribution is 6.31. The molecule has 0 saturated carbocycles. The van der Waals surface area contributed by atoms with Gasteiger partial charge in [-0.2, -0.15) is 0 Å². The molecule has 1 aliphatic rings. The molecule has 10 heavy (non-hydrogen) atoms. The third-order valence-electron chi connectivity index (χ3n) is 1.35. The normalized spacial score (nSPS) is 18.8. The van der Waals surface area contributed by atoms with Crippen molar-refractivity contribution in [2.45, 2.75) is 12.8 Å². The Morgan fingerprint density at radius 3 is 2.80 bits per heavy atom. The second-order valence-electron chi connectivity index (χ2n) is 2.03. The van der Waals surface area contributed by atoms with E-state index >= 15 is 0 Å². The van der Waals surface area contributed by atoms with E-state index < -0.39 is 5.83 Å². The van der Waals surface area contributed by atoms with E-state index in [1.54, 1.807) is 0 Å². The quantitative estimate of drug-likeness (QED) is 0.538. The van der Waals surface area contributed by atoms with Gasteiger partial charge in [0.25, 0.3) is 0 Å². The maximum atomic E-state index is 12.6. The minimum absolute atomic E-state index is 0.00733. The number of aldehydes is 1. The SMILES string of the molecule is O=CC1=C(Cl)CCC=C1F. The minimum atomic E-state index is -0.494. The predicted octanol–water partition coefficient (Wildman–Crippen LogP) is 2.33. The number of hydrogen-bond acceptors (Lipinski definition) is 1. The number of halogens is 2. The monoisotopic (exact) mass is 160 g/mol. The van der Waals surface area contributed by atoms with Crippen LogP contribution >= 0.6 is 11.6 Å². The Hall–Kier alpha value is -0.630. The lowest BCUT2D eigenvalue weighted by Crippen LogP contribution is -1.95. The van der Waals surface area contributed by atoms with E-state index in [-0.39, 0.29) is 5.57 Å². The van der Waals surface area contributed by atoms with Gasteiger partial charge in [0.1, 0.15) is 5.83 Å². The smallest absolute Gasteiger partial charge is 0.154 e. The maximum Gasteiger partial charge on any atom is 0.154 e. The lowest BCUT2D eigenvalue weighted by molar-refractivity contribution is -0.104. The zero-order chi connectivity index (χ0) is 7.56. The van der Waals surface area contributed by atoms with Crippen molar-refractivity contribution in [2.24, 2.45) is 0 Å². The molecular formula is C7H6ClFO. The summed E-state index contributed by atoms with van der Waals surface area (Å²) in [6, 6.07) is 0. The summed E-state index contributed by atoms with van der Waals surface area (Å²) in [6.07, 6.45) is 2.98. The molecule has 0 amide bonds. The topological polar surface area (TPSA) is 17.1 Å². The minimum Gasteiger partial charge on any atom is -0.298 e. The van der Waals surface area contributed by atoms with Crippen LogP contribution in [0.15, 0.2) is 22.5 Å². The van der Waals surface area contributed by atoms with Crippen molar-refractivity contribution in [3.8, 4) is 0 Å². The van der Waals surface area contributed by atoms with E-state index in [0.29, 0.717) is 24.2 Å². The molecule has 0 bridgehead atoms. The Balaban J connectivity index is 2.97. The van der Waals surface area contributed by atoms with Crippen LogP contribution in [0.25, 0.3) is 0 Å². The van der Waals surface area contributed by atoms with E-state index in [2.05, 4.69) is 0 Å². The highest BCUT2D eigenvalue weighted by atomic mass is 35.5. The van der Waals surface area contributed by atoms with Gasteiger partial charge in [0.05, 0.1) is 5.57 Å². The summed E-state index contributed by atoms with van der Waals surface area (Å²) in [7, 11) is 0. The van der Waals surface area contributed by atoms with Crippen LogP contribution < -0.4 is 0 Å². The van der Waals surface area contributed by atoms with Gasteiger partial charge in [0.15, 0.2) is 6.29 Å². The van der Waals surface area contributed by atoms with E-state index in [1.807, 2.05) is 0 Å². The van der Waals surface area contributed by atoms with Gasteiger partial charge in [-0.15, -0.1) is 0 Å². The van der Waals surface area contributed by atoms with Crippen LogP contribution in [-0.2, 0) is 4.79 Å². The number of hydrogen-bond donors (Lipinski definition) is 0. The molecule has 3 heteroatoms. The van der Waals surface area contributed by atoms with Crippen LogP contribution in [0.2, 0.25) is 0 Å². The van der Waals surface area contributed by atoms with Crippen LogP contribution in [0.5, 0.6) is 0 Å². The molecule has 1 aliphatic carbocycles. The fraction of sp³-hybridized carbons (Fsp3) is 0.286. The Bertz CT molecular complexity index is 218. The Morgan fingerprint density at radius 2 is 2.40 bits per heavy atom. The largest absolute Gasteiger partial charge is 0.298 e. The first-order valence-electron chi connectivity index (χ1n) is 2.95. The van der Waals surface area contributed by atoms with E-state index in [0.717, 1.165) is 0 Å². The Morgan fingerprint density at radius 1 is 1.70 bits per heavy atom. The fourth-order valence-corrected chi connectivity index (χ4v) is 1.06. The van der Waals surface area contributed by atoms with Crippen LogP contribution in [0.1, 0.15) is 12.8 Å². The Kier molecular flexibility index (Phi) is 2.22. The Labute approximate surface area is 63.2 Å². The molecule has 0 aromatic heterocycles. The van der Waals surface area contributed by atoms with Gasteiger partial charge < -0.3 is 0 Å². The van der Waals surface area contributed by atoms with Crippen molar-refractivity contribution in [2.75, 3.05) is 0 Å². The molecule has 1 rings (SSSR count). The number of allylic oxidation sites excluding steroid dienone is 4. The second kappa shape index (κ2) is 2.97. The number of rotatable bonds is 1. The second-order valence-corrected chi connectivity index (χ2v) is 2.48. The van der Waals surface area contributed by atoms with Crippen molar-refractivity contribution in [1.29, 1.82) is 0 Å². The molecular weight excluding hydrogens is 155 g/mol. The molecule has 0 heterocycles. The lowest BCUT2D eigenvalue weighted by atomic mass is 10.1. The molecule has 0 radical (unpaired) electrons. The molecule has 0 fully saturated rings. The van der Waals surface area contributed by atoms with Gasteiger partial charge in [-0.1, -0.05) is 11.6 Å². The molecule has 1 nitrogen and oxygen atoms in total. The first kappa shape index (κ1) is 7.48. The zero-order valence-corrected chi connectivity index (χ0v) is 5.99. The van der Waals surface area contributed by atoms with Crippen molar-refractivity contribution < 1.29 is 9.18 Å². The number of carbonyl (C=O) groups is 1. The molecule has 0 aromatic rings. The maximum absolute atomic E-state index is 12.6. The first-order valence-corrected chi connectivity index (χ1v) is 3.33. The summed E-state index contributed by atoms with van der Waals surface area (Å²) < 4.78 is 12.6. The standard InChI is InChI=1S/C7H6ClFO/c8-6-2-1-3-7(9)5(6)4-10/h3-4H,1-2H2. The van der Waals surface area contributed by atoms with Gasteiger partial charge >= 0.3 is 0 Å².